The van der Waals surface area contributed by atoms with Crippen molar-refractivity contribution < 1.29 is 63.6 Å². The highest BCUT2D eigenvalue weighted by Crippen LogP contribution is 2.21. The molecular formula is C36H50N10O13S2. The first-order valence-electron chi connectivity index (χ1n) is 18.8. The number of carboxylic acids is 1. The summed E-state index contributed by atoms with van der Waals surface area (Å²) in [4.78, 5) is 123. The average Bonchev–Trinajstić information content (AvgIpc) is 3.94. The molecule has 3 rings (SSSR count). The lowest BCUT2D eigenvalue weighted by atomic mass is 10.0. The number of nitrogens with one attached hydrogen (secondary N) is 8. The van der Waals surface area contributed by atoms with Gasteiger partial charge in [0, 0.05) is 49.7 Å². The predicted molar refractivity (Wildman–Crippen MR) is 219 cm³/mol. The normalized spacial score (nSPS) is 16.3. The molecule has 25 heteroatoms. The predicted octanol–water partition coefficient (Wildman–Crippen LogP) is -5.13. The van der Waals surface area contributed by atoms with E-state index in [2.05, 4.69) is 72.4 Å². The molecule has 0 bridgehead atoms. The molecule has 334 valence electrons. The van der Waals surface area contributed by atoms with Crippen LogP contribution in [0.4, 0.5) is 0 Å². The molecule has 0 aliphatic carbocycles. The zero-order valence-corrected chi connectivity index (χ0v) is 34.6. The van der Waals surface area contributed by atoms with Gasteiger partial charge in [-0.2, -0.15) is 25.3 Å². The van der Waals surface area contributed by atoms with Gasteiger partial charge < -0.3 is 67.5 Å². The molecule has 23 nitrogen and oxygen atoms in total. The minimum atomic E-state index is -1.65. The number of aromatic nitrogens is 2. The fourth-order valence-corrected chi connectivity index (χ4v) is 6.54. The number of amides is 8. The number of carbonyl (C=O) groups is 9. The van der Waals surface area contributed by atoms with Crippen LogP contribution in [0.25, 0.3) is 0 Å². The van der Waals surface area contributed by atoms with Crippen LogP contribution in [0, 0.1) is 0 Å². The molecule has 1 aliphatic rings. The minimum absolute atomic E-state index is 0.0240. The monoisotopic (exact) mass is 894 g/mol. The molecular weight excluding hydrogens is 845 g/mol. The second-order valence-electron chi connectivity index (χ2n) is 13.7. The van der Waals surface area contributed by atoms with Crippen molar-refractivity contribution in [3.05, 3.63) is 48.0 Å². The number of aliphatic hydroxyl groups excluding tert-OH is 2. The van der Waals surface area contributed by atoms with Crippen molar-refractivity contribution in [3.8, 4) is 5.75 Å². The largest absolute Gasteiger partial charge is 0.508 e. The van der Waals surface area contributed by atoms with E-state index in [1.165, 1.54) is 48.6 Å². The first kappa shape index (κ1) is 49.4. The van der Waals surface area contributed by atoms with Crippen LogP contribution in [-0.2, 0) is 56.0 Å². The quantitative estimate of drug-likeness (QED) is 0.0465. The van der Waals surface area contributed by atoms with Crippen molar-refractivity contribution in [2.24, 2.45) is 0 Å². The van der Waals surface area contributed by atoms with Crippen molar-refractivity contribution >= 4 is 78.5 Å². The number of aromatic hydroxyl groups is 1. The second kappa shape index (κ2) is 24.4. The molecule has 1 aromatic heterocycles. The molecule has 0 radical (unpaired) electrons. The fraction of sp³-hybridized carbons (Fsp3) is 0.500. The summed E-state index contributed by atoms with van der Waals surface area (Å²) in [6, 6.07) is -3.90. The number of thiol groups is 2. The number of hydrogen-bond acceptors (Lipinski definition) is 15. The minimum Gasteiger partial charge on any atom is -0.508 e. The standard InChI is InChI=1S/C36H50N10O13S2/c1-18(49)40-22(10-20-11-37-17-39-20)31(53)44-26(15-60)30(52)38-12-29(51)41-24(13-47)32(54)42-23(9-19-4-6-21(50)7-5-19)35(57)46-8-2-3-28(46)34(56)45-27(16-61)33(55)43-25(14-48)36(58)59/h4-7,11,17,22-28,47-48,50,60-61H,2-3,8-10,12-16H2,1H3,(H,37,39)(H,38,52)(H,40,49)(H,41,51)(H,42,54)(H,43,55)(H,44,53)(H,45,56)(H,58,59)/t22-,23-,24-,25-,26-,27-,28-/m0/s1. The van der Waals surface area contributed by atoms with E-state index in [4.69, 9.17) is 5.11 Å². The summed E-state index contributed by atoms with van der Waals surface area (Å²) in [5.41, 5.74) is 0.989. The second-order valence-corrected chi connectivity index (χ2v) is 14.5. The number of aliphatic carboxylic acids is 1. The van der Waals surface area contributed by atoms with Crippen molar-refractivity contribution in [1.82, 2.24) is 52.1 Å². The van der Waals surface area contributed by atoms with Gasteiger partial charge in [-0.05, 0) is 30.5 Å². The topological polar surface area (TPSA) is 351 Å². The maximum atomic E-state index is 14.1. The average molecular weight is 895 g/mol. The summed E-state index contributed by atoms with van der Waals surface area (Å²) in [5, 5.41) is 54.8. The number of H-pyrrole nitrogens is 1. The zero-order valence-electron chi connectivity index (χ0n) is 32.8. The van der Waals surface area contributed by atoms with E-state index in [1.54, 1.807) is 0 Å². The van der Waals surface area contributed by atoms with Gasteiger partial charge in [0.1, 0.15) is 48.0 Å². The van der Waals surface area contributed by atoms with Crippen LogP contribution in [0.15, 0.2) is 36.8 Å². The molecule has 2 heterocycles. The van der Waals surface area contributed by atoms with Gasteiger partial charge in [0.25, 0.3) is 0 Å². The van der Waals surface area contributed by atoms with E-state index in [9.17, 15) is 58.5 Å². The highest BCUT2D eigenvalue weighted by Gasteiger charge is 2.40. The molecule has 8 amide bonds. The molecule has 1 aromatic carbocycles. The number of hydrogen-bond donors (Lipinski definition) is 14. The van der Waals surface area contributed by atoms with Crippen molar-refractivity contribution in [1.29, 1.82) is 0 Å². The third-order valence-electron chi connectivity index (χ3n) is 9.19. The van der Waals surface area contributed by atoms with Gasteiger partial charge in [0.05, 0.1) is 26.1 Å². The van der Waals surface area contributed by atoms with E-state index in [0.29, 0.717) is 17.7 Å². The smallest absolute Gasteiger partial charge is 0.328 e. The number of likely N-dealkylation sites (tertiary alicyclic amines) is 1. The first-order chi connectivity index (χ1) is 29.0. The third-order valence-corrected chi connectivity index (χ3v) is 9.92. The molecule has 0 saturated carbocycles. The number of nitrogens with zero attached hydrogens (tertiary/aromatic N) is 2. The number of phenolic OH excluding ortho intramolecular Hbond substituents is 1. The number of aromatic amines is 1. The summed E-state index contributed by atoms with van der Waals surface area (Å²) >= 11 is 8.17. The van der Waals surface area contributed by atoms with Crippen molar-refractivity contribution in [2.75, 3.05) is 37.8 Å². The van der Waals surface area contributed by atoms with Gasteiger partial charge in [0.15, 0.2) is 0 Å². The molecule has 1 aliphatic heterocycles. The maximum Gasteiger partial charge on any atom is 0.328 e. The van der Waals surface area contributed by atoms with E-state index < -0.39 is 115 Å². The SMILES string of the molecule is CC(=O)N[C@@H](Cc1cnc[nH]1)C(=O)N[C@@H](CS)C(=O)NCC(=O)N[C@@H](CO)C(=O)N[C@@H](Cc1ccc(O)cc1)C(=O)N1CCC[C@H]1C(=O)N[C@@H](CS)C(=O)N[C@@H](CO)C(=O)O. The Morgan fingerprint density at radius 2 is 1.36 bits per heavy atom. The molecule has 61 heavy (non-hydrogen) atoms. The van der Waals surface area contributed by atoms with Gasteiger partial charge in [-0.15, -0.1) is 0 Å². The van der Waals surface area contributed by atoms with Crippen LogP contribution in [0.5, 0.6) is 5.75 Å². The van der Waals surface area contributed by atoms with Crippen LogP contribution in [0.1, 0.15) is 31.0 Å². The van der Waals surface area contributed by atoms with Crippen LogP contribution in [0.2, 0.25) is 0 Å². The lowest BCUT2D eigenvalue weighted by Crippen LogP contribution is -2.60. The van der Waals surface area contributed by atoms with Gasteiger partial charge in [0.2, 0.25) is 47.3 Å². The highest BCUT2D eigenvalue weighted by molar-refractivity contribution is 7.80. The number of phenols is 1. The summed E-state index contributed by atoms with van der Waals surface area (Å²) < 4.78 is 0. The number of aliphatic hydroxyl groups is 2. The summed E-state index contributed by atoms with van der Waals surface area (Å²) in [5.74, 6) is -8.60. The lowest BCUT2D eigenvalue weighted by Gasteiger charge is -2.30. The Morgan fingerprint density at radius 1 is 0.770 bits per heavy atom. The molecule has 7 atom stereocenters. The number of benzene rings is 1. The molecule has 1 saturated heterocycles. The van der Waals surface area contributed by atoms with E-state index in [-0.39, 0.29) is 43.1 Å². The third kappa shape index (κ3) is 15.2. The Bertz CT molecular complexity index is 1870. The number of rotatable bonds is 23. The van der Waals surface area contributed by atoms with Crippen LogP contribution in [-0.4, -0.2) is 169 Å². The summed E-state index contributed by atoms with van der Waals surface area (Å²) in [6.07, 6.45) is 3.17. The van der Waals surface area contributed by atoms with E-state index >= 15 is 0 Å². The van der Waals surface area contributed by atoms with Gasteiger partial charge in [-0.1, -0.05) is 12.1 Å². The molecule has 0 unspecified atom stereocenters. The molecule has 2 aromatic rings. The summed E-state index contributed by atoms with van der Waals surface area (Å²) in [6.45, 7) is -1.34. The highest BCUT2D eigenvalue weighted by atomic mass is 32.1. The Labute approximate surface area is 359 Å². The summed E-state index contributed by atoms with van der Waals surface area (Å²) in [7, 11) is 0. The number of imidazole rings is 1. The number of carbonyl (C=O) groups excluding carboxylic acids is 8. The molecule has 12 N–H and O–H groups in total. The molecule has 0 spiro atoms. The molecule has 1 fully saturated rings. The lowest BCUT2D eigenvalue weighted by molar-refractivity contribution is -0.144. The van der Waals surface area contributed by atoms with Crippen molar-refractivity contribution in [3.63, 3.8) is 0 Å². The van der Waals surface area contributed by atoms with E-state index in [1.807, 2.05) is 0 Å². The first-order valence-corrected chi connectivity index (χ1v) is 20.1. The van der Waals surface area contributed by atoms with Crippen molar-refractivity contribution in [2.45, 2.75) is 74.9 Å². The van der Waals surface area contributed by atoms with Crippen LogP contribution < -0.4 is 37.2 Å². The fourth-order valence-electron chi connectivity index (χ4n) is 6.03. The van der Waals surface area contributed by atoms with Gasteiger partial charge >= 0.3 is 5.97 Å². The Balaban J connectivity index is 1.68. The Kier molecular flexibility index (Phi) is 19.7. The van der Waals surface area contributed by atoms with Gasteiger partial charge in [-0.3, -0.25) is 38.4 Å². The Morgan fingerprint density at radius 3 is 1.93 bits per heavy atom. The van der Waals surface area contributed by atoms with Crippen LogP contribution in [0.3, 0.4) is 0 Å². The van der Waals surface area contributed by atoms with E-state index in [0.717, 1.165) is 0 Å². The zero-order chi connectivity index (χ0) is 45.2. The van der Waals surface area contributed by atoms with Crippen LogP contribution >= 0.6 is 25.3 Å². The Hall–Kier alpha value is -5.92. The maximum absolute atomic E-state index is 14.1. The number of carboxylic acid groups (broad SMARTS) is 1. The van der Waals surface area contributed by atoms with Gasteiger partial charge in [-0.25, -0.2) is 9.78 Å².